The Hall–Kier alpha value is -2.07. The summed E-state index contributed by atoms with van der Waals surface area (Å²) in [5.74, 6) is 0.296. The number of hydrogen-bond donors (Lipinski definition) is 1. The number of anilines is 1. The van der Waals surface area contributed by atoms with Gasteiger partial charge in [-0.05, 0) is 37.1 Å². The lowest BCUT2D eigenvalue weighted by molar-refractivity contribution is -0.910. The van der Waals surface area contributed by atoms with Crippen LogP contribution in [0.4, 0.5) is 5.69 Å². The highest BCUT2D eigenvalue weighted by Gasteiger charge is 2.36. The largest absolute Gasteiger partial charge is 0.350 e. The van der Waals surface area contributed by atoms with Crippen molar-refractivity contribution >= 4 is 11.6 Å². The molecule has 0 spiro atoms. The Balaban J connectivity index is 1.53. The van der Waals surface area contributed by atoms with E-state index in [4.69, 9.17) is 0 Å². The van der Waals surface area contributed by atoms with Crippen LogP contribution in [-0.4, -0.2) is 29.6 Å². The van der Waals surface area contributed by atoms with Crippen LogP contribution in [0.2, 0.25) is 0 Å². The number of amides is 1. The van der Waals surface area contributed by atoms with Gasteiger partial charge in [-0.15, -0.1) is 0 Å². The lowest BCUT2D eigenvalue weighted by Crippen LogP contribution is -3.11. The number of nitrogens with zero attached hydrogens (tertiary/aromatic N) is 2. The van der Waals surface area contributed by atoms with E-state index >= 15 is 0 Å². The van der Waals surface area contributed by atoms with E-state index in [9.17, 15) is 4.79 Å². The number of para-hydroxylation sites is 1. The summed E-state index contributed by atoms with van der Waals surface area (Å²) in [6, 6.07) is 15.5. The summed E-state index contributed by atoms with van der Waals surface area (Å²) in [4.78, 5) is 17.1. The van der Waals surface area contributed by atoms with E-state index in [-0.39, 0.29) is 0 Å². The van der Waals surface area contributed by atoms with Crippen LogP contribution in [0.5, 0.6) is 0 Å². The molecule has 1 aliphatic carbocycles. The molecule has 0 radical (unpaired) electrons. The number of aryl methyl sites for hydroxylation is 1. The molecule has 2 atom stereocenters. The van der Waals surface area contributed by atoms with Crippen molar-refractivity contribution in [1.29, 1.82) is 0 Å². The number of quaternary nitrogens is 1. The van der Waals surface area contributed by atoms with Crippen LogP contribution in [0.25, 0.3) is 0 Å². The zero-order valence-electron chi connectivity index (χ0n) is 16.4. The van der Waals surface area contributed by atoms with Crippen LogP contribution >= 0.6 is 0 Å². The molecule has 2 heterocycles. The number of benzene rings is 1. The normalized spacial score (nSPS) is 23.4. The number of carbonyl (C=O) groups excluding carboxylic acids is 1. The van der Waals surface area contributed by atoms with Crippen molar-refractivity contribution in [1.82, 2.24) is 4.57 Å². The SMILES string of the molecule is Cn1cccc1[C@@H]1CCC[NH+]1CC(=O)N(c1ccccc1)C1CCCCC1. The van der Waals surface area contributed by atoms with Crippen molar-refractivity contribution in [3.8, 4) is 0 Å². The highest BCUT2D eigenvalue weighted by atomic mass is 16.2. The van der Waals surface area contributed by atoms with Gasteiger partial charge in [-0.3, -0.25) is 4.79 Å². The molecular formula is C23H32N3O+. The summed E-state index contributed by atoms with van der Waals surface area (Å²) < 4.78 is 2.22. The van der Waals surface area contributed by atoms with E-state index < -0.39 is 0 Å². The molecule has 144 valence electrons. The summed E-state index contributed by atoms with van der Waals surface area (Å²) in [6.45, 7) is 1.69. The first-order valence-corrected chi connectivity index (χ1v) is 10.6. The highest BCUT2D eigenvalue weighted by Crippen LogP contribution is 2.27. The zero-order valence-corrected chi connectivity index (χ0v) is 16.4. The Morgan fingerprint density at radius 2 is 1.81 bits per heavy atom. The van der Waals surface area contributed by atoms with Crippen LogP contribution < -0.4 is 9.80 Å². The molecule has 1 saturated carbocycles. The number of carbonyl (C=O) groups is 1. The van der Waals surface area contributed by atoms with E-state index in [1.807, 2.05) is 18.2 Å². The molecule has 4 rings (SSSR count). The molecule has 1 amide bonds. The van der Waals surface area contributed by atoms with Gasteiger partial charge in [0.25, 0.3) is 5.91 Å². The van der Waals surface area contributed by atoms with Gasteiger partial charge in [0.15, 0.2) is 6.54 Å². The van der Waals surface area contributed by atoms with Gasteiger partial charge in [-0.25, -0.2) is 0 Å². The van der Waals surface area contributed by atoms with Gasteiger partial charge in [-0.1, -0.05) is 37.5 Å². The zero-order chi connectivity index (χ0) is 18.6. The number of likely N-dealkylation sites (tertiary alicyclic amines) is 1. The van der Waals surface area contributed by atoms with Crippen LogP contribution in [0.15, 0.2) is 48.7 Å². The van der Waals surface area contributed by atoms with Crippen LogP contribution in [0, 0.1) is 0 Å². The molecule has 2 fully saturated rings. The minimum Gasteiger partial charge on any atom is -0.350 e. The minimum absolute atomic E-state index is 0.296. The number of rotatable bonds is 5. The molecule has 1 aromatic heterocycles. The maximum atomic E-state index is 13.5. The Morgan fingerprint density at radius 3 is 2.52 bits per heavy atom. The Morgan fingerprint density at radius 1 is 1.04 bits per heavy atom. The van der Waals surface area contributed by atoms with E-state index in [1.165, 1.54) is 42.7 Å². The summed E-state index contributed by atoms with van der Waals surface area (Å²) in [7, 11) is 2.12. The molecule has 4 nitrogen and oxygen atoms in total. The molecule has 2 aliphatic rings. The first kappa shape index (κ1) is 18.3. The Bertz CT molecular complexity index is 748. The maximum absolute atomic E-state index is 13.5. The molecule has 1 aromatic carbocycles. The first-order valence-electron chi connectivity index (χ1n) is 10.6. The summed E-state index contributed by atoms with van der Waals surface area (Å²) in [5.41, 5.74) is 2.43. The predicted molar refractivity (Wildman–Crippen MR) is 109 cm³/mol. The van der Waals surface area contributed by atoms with Crippen molar-refractivity contribution in [2.45, 2.75) is 57.0 Å². The number of hydrogen-bond acceptors (Lipinski definition) is 1. The van der Waals surface area contributed by atoms with Gasteiger partial charge in [-0.2, -0.15) is 0 Å². The quantitative estimate of drug-likeness (QED) is 0.866. The molecule has 1 unspecified atom stereocenters. The average Bonchev–Trinajstić information content (AvgIpc) is 3.32. The predicted octanol–water partition coefficient (Wildman–Crippen LogP) is 3.11. The van der Waals surface area contributed by atoms with Crippen molar-refractivity contribution in [2.24, 2.45) is 7.05 Å². The Kier molecular flexibility index (Phi) is 5.63. The van der Waals surface area contributed by atoms with E-state index in [0.29, 0.717) is 24.5 Å². The summed E-state index contributed by atoms with van der Waals surface area (Å²) in [5, 5.41) is 0. The van der Waals surface area contributed by atoms with E-state index in [1.54, 1.807) is 0 Å². The maximum Gasteiger partial charge on any atom is 0.282 e. The molecule has 1 aliphatic heterocycles. The van der Waals surface area contributed by atoms with Crippen molar-refractivity contribution in [2.75, 3.05) is 18.0 Å². The fraction of sp³-hybridized carbons (Fsp3) is 0.522. The molecule has 27 heavy (non-hydrogen) atoms. The highest BCUT2D eigenvalue weighted by molar-refractivity contribution is 5.94. The van der Waals surface area contributed by atoms with Crippen LogP contribution in [0.3, 0.4) is 0 Å². The van der Waals surface area contributed by atoms with Crippen LogP contribution in [0.1, 0.15) is 56.7 Å². The van der Waals surface area contributed by atoms with E-state index in [2.05, 4.69) is 47.0 Å². The second-order valence-electron chi connectivity index (χ2n) is 8.21. The smallest absolute Gasteiger partial charge is 0.282 e. The van der Waals surface area contributed by atoms with Gasteiger partial charge in [0.2, 0.25) is 0 Å². The van der Waals surface area contributed by atoms with Crippen molar-refractivity contribution < 1.29 is 9.69 Å². The monoisotopic (exact) mass is 366 g/mol. The van der Waals surface area contributed by atoms with Gasteiger partial charge >= 0.3 is 0 Å². The summed E-state index contributed by atoms with van der Waals surface area (Å²) >= 11 is 0. The number of aromatic nitrogens is 1. The summed E-state index contributed by atoms with van der Waals surface area (Å²) in [6.07, 6.45) is 10.6. The third-order valence-corrected chi connectivity index (χ3v) is 6.45. The average molecular weight is 367 g/mol. The van der Waals surface area contributed by atoms with Gasteiger partial charge in [0, 0.05) is 37.8 Å². The van der Waals surface area contributed by atoms with Gasteiger partial charge in [0.05, 0.1) is 12.2 Å². The molecule has 0 bridgehead atoms. The Labute approximate surface area is 162 Å². The fourth-order valence-corrected chi connectivity index (χ4v) is 5.08. The third-order valence-electron chi connectivity index (χ3n) is 6.45. The fourth-order valence-electron chi connectivity index (χ4n) is 5.08. The lowest BCUT2D eigenvalue weighted by Gasteiger charge is -2.35. The van der Waals surface area contributed by atoms with Crippen LogP contribution in [-0.2, 0) is 11.8 Å². The molecule has 4 heteroatoms. The first-order chi connectivity index (χ1) is 13.2. The van der Waals surface area contributed by atoms with E-state index in [0.717, 1.165) is 25.1 Å². The standard InChI is InChI=1S/C23H31N3O/c1-24-16-8-14-21(24)22-15-9-17-25(22)18-23(27)26(19-10-4-2-5-11-19)20-12-6-3-7-13-20/h2,4-5,8,10-11,14,16,20,22H,3,6-7,9,12-13,15,17-18H2,1H3/p+1/t22-/m0/s1. The molecule has 1 saturated heterocycles. The molecule has 1 N–H and O–H groups in total. The molecule has 2 aromatic rings. The topological polar surface area (TPSA) is 29.7 Å². The number of nitrogens with one attached hydrogen (secondary N) is 1. The molecular weight excluding hydrogens is 334 g/mol. The minimum atomic E-state index is 0.296. The van der Waals surface area contributed by atoms with Gasteiger partial charge < -0.3 is 14.4 Å². The van der Waals surface area contributed by atoms with Crippen molar-refractivity contribution in [3.63, 3.8) is 0 Å². The second-order valence-corrected chi connectivity index (χ2v) is 8.21. The third kappa shape index (κ3) is 3.96. The van der Waals surface area contributed by atoms with Gasteiger partial charge in [0.1, 0.15) is 6.04 Å². The second kappa shape index (κ2) is 8.30. The van der Waals surface area contributed by atoms with Crippen molar-refractivity contribution in [3.05, 3.63) is 54.4 Å². The lowest BCUT2D eigenvalue weighted by atomic mass is 9.93.